The number of aromatic nitrogens is 1. The monoisotopic (exact) mass is 315 g/mol. The molecule has 1 aliphatic heterocycles. The Morgan fingerprint density at radius 1 is 1.22 bits per heavy atom. The fourth-order valence-corrected chi connectivity index (χ4v) is 2.71. The number of aliphatic hydroxyl groups excluding tert-OH is 1. The van der Waals surface area contributed by atoms with Crippen LogP contribution in [0.2, 0.25) is 0 Å². The number of benzene rings is 1. The van der Waals surface area contributed by atoms with E-state index in [0.29, 0.717) is 25.3 Å². The van der Waals surface area contributed by atoms with Gasteiger partial charge in [0.05, 0.1) is 6.61 Å². The summed E-state index contributed by atoms with van der Waals surface area (Å²) < 4.78 is 5.24. The Kier molecular flexibility index (Phi) is 4.73. The summed E-state index contributed by atoms with van der Waals surface area (Å²) in [7, 11) is 0. The van der Waals surface area contributed by atoms with E-state index in [9.17, 15) is 4.79 Å². The number of aryl methyl sites for hydroxylation is 1. The van der Waals surface area contributed by atoms with E-state index in [2.05, 4.69) is 10.1 Å². The first-order chi connectivity index (χ1) is 11.2. The summed E-state index contributed by atoms with van der Waals surface area (Å²) in [6, 6.07) is 9.65. The van der Waals surface area contributed by atoms with E-state index in [1.807, 2.05) is 31.2 Å². The fourth-order valence-electron chi connectivity index (χ4n) is 2.71. The summed E-state index contributed by atoms with van der Waals surface area (Å²) >= 11 is 0. The lowest BCUT2D eigenvalue weighted by Gasteiger charge is -2.33. The second-order valence-electron chi connectivity index (χ2n) is 5.80. The molecule has 0 saturated carbocycles. The molecule has 122 valence electrons. The maximum Gasteiger partial charge on any atom is 0.292 e. The predicted molar refractivity (Wildman–Crippen MR) is 86.1 cm³/mol. The second kappa shape index (κ2) is 6.93. The maximum atomic E-state index is 12.5. The van der Waals surface area contributed by atoms with Gasteiger partial charge < -0.3 is 14.5 Å². The van der Waals surface area contributed by atoms with Gasteiger partial charge >= 0.3 is 0 Å². The number of amides is 1. The van der Waals surface area contributed by atoms with E-state index in [-0.39, 0.29) is 18.3 Å². The van der Waals surface area contributed by atoms with E-state index in [4.69, 9.17) is 9.63 Å². The standard InChI is InChI=1S/C17H21N3O3/c1-13-2-4-14(5-3-13)15-12-16(23-18-15)17(22)20-8-6-19(7-9-20)10-11-21/h2-5,12,21H,6-11H2,1H3. The van der Waals surface area contributed by atoms with E-state index in [0.717, 1.165) is 18.7 Å². The van der Waals surface area contributed by atoms with E-state index >= 15 is 0 Å². The molecule has 23 heavy (non-hydrogen) atoms. The van der Waals surface area contributed by atoms with Crippen molar-refractivity contribution in [3.8, 4) is 11.3 Å². The van der Waals surface area contributed by atoms with Crippen LogP contribution in [0.25, 0.3) is 11.3 Å². The van der Waals surface area contributed by atoms with E-state index in [1.165, 1.54) is 5.56 Å². The highest BCUT2D eigenvalue weighted by Gasteiger charge is 2.24. The molecule has 2 aromatic rings. The fraction of sp³-hybridized carbons (Fsp3) is 0.412. The van der Waals surface area contributed by atoms with Gasteiger partial charge in [-0.05, 0) is 6.92 Å². The van der Waals surface area contributed by atoms with Gasteiger partial charge in [0, 0.05) is 44.4 Å². The van der Waals surface area contributed by atoms with Crippen molar-refractivity contribution in [2.24, 2.45) is 0 Å². The molecule has 0 radical (unpaired) electrons. The highest BCUT2D eigenvalue weighted by molar-refractivity contribution is 5.92. The Hall–Kier alpha value is -2.18. The number of nitrogens with zero attached hydrogens (tertiary/aromatic N) is 3. The molecule has 0 atom stereocenters. The normalized spacial score (nSPS) is 15.8. The first kappa shape index (κ1) is 15.7. The average Bonchev–Trinajstić information content (AvgIpc) is 3.06. The Morgan fingerprint density at radius 2 is 1.91 bits per heavy atom. The third-order valence-corrected chi connectivity index (χ3v) is 4.14. The zero-order valence-electron chi connectivity index (χ0n) is 13.2. The largest absolute Gasteiger partial charge is 0.395 e. The smallest absolute Gasteiger partial charge is 0.292 e. The van der Waals surface area contributed by atoms with Crippen LogP contribution in [0.5, 0.6) is 0 Å². The number of aliphatic hydroxyl groups is 1. The summed E-state index contributed by atoms with van der Waals surface area (Å²) in [6.45, 7) is 5.64. The SMILES string of the molecule is Cc1ccc(-c2cc(C(=O)N3CCN(CCO)CC3)on2)cc1. The van der Waals surface area contributed by atoms with Gasteiger partial charge in [-0.2, -0.15) is 0 Å². The van der Waals surface area contributed by atoms with E-state index in [1.54, 1.807) is 11.0 Å². The summed E-state index contributed by atoms with van der Waals surface area (Å²) in [5.41, 5.74) is 2.78. The summed E-state index contributed by atoms with van der Waals surface area (Å²) in [6.07, 6.45) is 0. The molecule has 0 aliphatic carbocycles. The maximum absolute atomic E-state index is 12.5. The van der Waals surface area contributed by atoms with Crippen molar-refractivity contribution in [3.05, 3.63) is 41.7 Å². The lowest BCUT2D eigenvalue weighted by molar-refractivity contribution is 0.0576. The molecular formula is C17H21N3O3. The number of carbonyl (C=O) groups excluding carboxylic acids is 1. The van der Waals surface area contributed by atoms with Crippen molar-refractivity contribution in [1.29, 1.82) is 0 Å². The summed E-state index contributed by atoms with van der Waals surface area (Å²) in [4.78, 5) is 16.4. The minimum Gasteiger partial charge on any atom is -0.395 e. The molecule has 1 aliphatic rings. The second-order valence-corrected chi connectivity index (χ2v) is 5.80. The summed E-state index contributed by atoms with van der Waals surface area (Å²) in [5.74, 6) is 0.149. The molecular weight excluding hydrogens is 294 g/mol. The Labute approximate surface area is 135 Å². The summed E-state index contributed by atoms with van der Waals surface area (Å²) in [5, 5.41) is 13.0. The minimum absolute atomic E-state index is 0.125. The van der Waals surface area contributed by atoms with Crippen molar-refractivity contribution in [2.45, 2.75) is 6.92 Å². The Balaban J connectivity index is 1.66. The van der Waals surface area contributed by atoms with Crippen LogP contribution in [0, 0.1) is 6.92 Å². The molecule has 1 aromatic carbocycles. The number of rotatable bonds is 4. The van der Waals surface area contributed by atoms with Crippen molar-refractivity contribution in [1.82, 2.24) is 15.0 Å². The lowest BCUT2D eigenvalue weighted by atomic mass is 10.1. The number of hydrogen-bond acceptors (Lipinski definition) is 5. The number of hydrogen-bond donors (Lipinski definition) is 1. The van der Waals surface area contributed by atoms with Crippen LogP contribution in [0.1, 0.15) is 16.1 Å². The minimum atomic E-state index is -0.125. The molecule has 1 aromatic heterocycles. The third-order valence-electron chi connectivity index (χ3n) is 4.14. The molecule has 0 bridgehead atoms. The number of β-amino-alcohol motifs (C(OH)–C–C–N with tert-alkyl or cyclic N) is 1. The first-order valence-corrected chi connectivity index (χ1v) is 7.83. The van der Waals surface area contributed by atoms with Gasteiger partial charge in [-0.1, -0.05) is 35.0 Å². The van der Waals surface area contributed by atoms with Crippen molar-refractivity contribution in [2.75, 3.05) is 39.3 Å². The van der Waals surface area contributed by atoms with Gasteiger partial charge in [0.1, 0.15) is 5.69 Å². The molecule has 6 heteroatoms. The topological polar surface area (TPSA) is 69.8 Å². The van der Waals surface area contributed by atoms with E-state index < -0.39 is 0 Å². The molecule has 6 nitrogen and oxygen atoms in total. The van der Waals surface area contributed by atoms with Crippen LogP contribution in [0.15, 0.2) is 34.9 Å². The third kappa shape index (κ3) is 3.60. The van der Waals surface area contributed by atoms with Gasteiger partial charge in [0.25, 0.3) is 5.91 Å². The number of piperazine rings is 1. The quantitative estimate of drug-likeness (QED) is 0.923. The Bertz CT molecular complexity index is 658. The van der Waals surface area contributed by atoms with Crippen LogP contribution < -0.4 is 0 Å². The molecule has 1 fully saturated rings. The number of carbonyl (C=O) groups is 1. The highest BCUT2D eigenvalue weighted by Crippen LogP contribution is 2.20. The lowest BCUT2D eigenvalue weighted by Crippen LogP contribution is -2.49. The van der Waals surface area contributed by atoms with Crippen molar-refractivity contribution >= 4 is 5.91 Å². The Morgan fingerprint density at radius 3 is 2.57 bits per heavy atom. The van der Waals surface area contributed by atoms with Crippen LogP contribution >= 0.6 is 0 Å². The van der Waals surface area contributed by atoms with Gasteiger partial charge in [0.2, 0.25) is 5.76 Å². The van der Waals surface area contributed by atoms with Gasteiger partial charge in [-0.15, -0.1) is 0 Å². The van der Waals surface area contributed by atoms with Crippen LogP contribution in [0.4, 0.5) is 0 Å². The van der Waals surface area contributed by atoms with Gasteiger partial charge in [-0.3, -0.25) is 9.69 Å². The van der Waals surface area contributed by atoms with Crippen LogP contribution in [-0.4, -0.2) is 65.3 Å². The molecule has 3 rings (SSSR count). The molecule has 0 spiro atoms. The highest BCUT2D eigenvalue weighted by atomic mass is 16.5. The van der Waals surface area contributed by atoms with Gasteiger partial charge in [0.15, 0.2) is 0 Å². The first-order valence-electron chi connectivity index (χ1n) is 7.83. The molecule has 0 unspecified atom stereocenters. The molecule has 1 amide bonds. The van der Waals surface area contributed by atoms with Crippen LogP contribution in [0.3, 0.4) is 0 Å². The molecule has 2 heterocycles. The van der Waals surface area contributed by atoms with Gasteiger partial charge in [-0.25, -0.2) is 0 Å². The predicted octanol–water partition coefficient (Wildman–Crippen LogP) is 1.40. The molecule has 1 N–H and O–H groups in total. The molecule has 1 saturated heterocycles. The average molecular weight is 315 g/mol. The zero-order valence-corrected chi connectivity index (χ0v) is 13.2. The van der Waals surface area contributed by atoms with Crippen LogP contribution in [-0.2, 0) is 0 Å². The van der Waals surface area contributed by atoms with Crippen molar-refractivity contribution < 1.29 is 14.4 Å². The zero-order chi connectivity index (χ0) is 16.2. The van der Waals surface area contributed by atoms with Crippen molar-refractivity contribution in [3.63, 3.8) is 0 Å².